The first-order valence-electron chi connectivity index (χ1n) is 7.64. The van der Waals surface area contributed by atoms with Gasteiger partial charge in [0.05, 0.1) is 12.7 Å². The van der Waals surface area contributed by atoms with Gasteiger partial charge in [-0.3, -0.25) is 4.99 Å². The van der Waals surface area contributed by atoms with E-state index in [1.165, 1.54) is 37.9 Å². The van der Waals surface area contributed by atoms with Gasteiger partial charge in [0.25, 0.3) is 0 Å². The van der Waals surface area contributed by atoms with Gasteiger partial charge in [-0.15, -0.1) is 0 Å². The fourth-order valence-electron chi connectivity index (χ4n) is 3.01. The summed E-state index contributed by atoms with van der Waals surface area (Å²) in [7, 11) is 0. The quantitative estimate of drug-likeness (QED) is 0.928. The molecule has 2 aliphatic rings. The molecule has 3 rings (SSSR count). The number of oxazole rings is 1. The Kier molecular flexibility index (Phi) is 4.34. The van der Waals surface area contributed by atoms with Crippen LogP contribution in [0.5, 0.6) is 0 Å². The van der Waals surface area contributed by atoms with Crippen LogP contribution in [0.3, 0.4) is 0 Å². The van der Waals surface area contributed by atoms with Gasteiger partial charge in [-0.05, 0) is 18.3 Å². The molecule has 0 amide bonds. The third-order valence-corrected chi connectivity index (χ3v) is 5.63. The molecular weight excluding hydrogens is 270 g/mol. The van der Waals surface area contributed by atoms with E-state index in [4.69, 9.17) is 9.41 Å². The highest BCUT2D eigenvalue weighted by Gasteiger charge is 2.34. The van der Waals surface area contributed by atoms with Crippen molar-refractivity contribution in [1.82, 2.24) is 10.3 Å². The van der Waals surface area contributed by atoms with E-state index in [2.05, 4.69) is 17.2 Å². The maximum atomic E-state index is 5.60. The van der Waals surface area contributed by atoms with Crippen molar-refractivity contribution in [1.29, 1.82) is 0 Å². The van der Waals surface area contributed by atoms with Gasteiger partial charge in [-0.1, -0.05) is 37.9 Å². The SMILES string of the molecule is CCc1cnc(CNC2=NCC3(CCCCC3)CS2)o1. The van der Waals surface area contributed by atoms with Crippen LogP contribution >= 0.6 is 11.8 Å². The molecule has 1 spiro atoms. The highest BCUT2D eigenvalue weighted by atomic mass is 32.2. The second-order valence-corrected chi connectivity index (χ2v) is 6.86. The van der Waals surface area contributed by atoms with Gasteiger partial charge in [0, 0.05) is 18.7 Å². The first-order valence-corrected chi connectivity index (χ1v) is 8.63. The molecule has 20 heavy (non-hydrogen) atoms. The molecule has 1 aromatic rings. The number of nitrogens with one attached hydrogen (secondary N) is 1. The van der Waals surface area contributed by atoms with Crippen LogP contribution in [0.2, 0.25) is 0 Å². The molecule has 110 valence electrons. The monoisotopic (exact) mass is 293 g/mol. The maximum absolute atomic E-state index is 5.60. The van der Waals surface area contributed by atoms with E-state index < -0.39 is 0 Å². The Morgan fingerprint density at radius 3 is 2.85 bits per heavy atom. The van der Waals surface area contributed by atoms with Crippen molar-refractivity contribution < 1.29 is 4.42 Å². The van der Waals surface area contributed by atoms with Crippen LogP contribution in [0.15, 0.2) is 15.6 Å². The summed E-state index contributed by atoms with van der Waals surface area (Å²) in [6.07, 6.45) is 9.59. The van der Waals surface area contributed by atoms with E-state index in [-0.39, 0.29) is 0 Å². The van der Waals surface area contributed by atoms with Crippen molar-refractivity contribution in [3.05, 3.63) is 17.8 Å². The van der Waals surface area contributed by atoms with Crippen LogP contribution in [0.25, 0.3) is 0 Å². The zero-order valence-corrected chi connectivity index (χ0v) is 13.0. The summed E-state index contributed by atoms with van der Waals surface area (Å²) < 4.78 is 5.60. The average Bonchev–Trinajstić information content (AvgIpc) is 2.96. The number of thioether (sulfide) groups is 1. The molecular formula is C15H23N3OS. The van der Waals surface area contributed by atoms with Gasteiger partial charge in [-0.2, -0.15) is 0 Å². The van der Waals surface area contributed by atoms with E-state index in [1.807, 2.05) is 18.0 Å². The summed E-state index contributed by atoms with van der Waals surface area (Å²) in [6, 6.07) is 0. The number of nitrogens with zero attached hydrogens (tertiary/aromatic N) is 2. The van der Waals surface area contributed by atoms with Crippen LogP contribution in [-0.2, 0) is 13.0 Å². The van der Waals surface area contributed by atoms with Gasteiger partial charge in [0.2, 0.25) is 5.89 Å². The van der Waals surface area contributed by atoms with Crippen LogP contribution in [0.4, 0.5) is 0 Å². The number of amidine groups is 1. The molecule has 1 aliphatic heterocycles. The number of aliphatic imine (C=N–C) groups is 1. The van der Waals surface area contributed by atoms with Crippen molar-refractivity contribution in [2.45, 2.75) is 52.0 Å². The van der Waals surface area contributed by atoms with Crippen LogP contribution in [0.1, 0.15) is 50.7 Å². The van der Waals surface area contributed by atoms with Crippen molar-refractivity contribution in [3.63, 3.8) is 0 Å². The molecule has 0 unspecified atom stereocenters. The molecule has 5 heteroatoms. The predicted molar refractivity (Wildman–Crippen MR) is 83.0 cm³/mol. The van der Waals surface area contributed by atoms with Gasteiger partial charge in [0.1, 0.15) is 5.76 Å². The molecule has 1 fully saturated rings. The normalized spacial score (nSPS) is 21.8. The molecule has 4 nitrogen and oxygen atoms in total. The minimum absolute atomic E-state index is 0.492. The Bertz CT molecular complexity index is 477. The fraction of sp³-hybridized carbons (Fsp3) is 0.733. The largest absolute Gasteiger partial charge is 0.444 e. The summed E-state index contributed by atoms with van der Waals surface area (Å²) in [5.74, 6) is 2.91. The highest BCUT2D eigenvalue weighted by Crippen LogP contribution is 2.41. The Balaban J connectivity index is 1.51. The van der Waals surface area contributed by atoms with E-state index in [9.17, 15) is 0 Å². The summed E-state index contributed by atoms with van der Waals surface area (Å²) in [5.41, 5.74) is 0.492. The van der Waals surface area contributed by atoms with Crippen molar-refractivity contribution in [2.24, 2.45) is 10.4 Å². The topological polar surface area (TPSA) is 50.4 Å². The van der Waals surface area contributed by atoms with Crippen LogP contribution in [-0.4, -0.2) is 22.4 Å². The van der Waals surface area contributed by atoms with E-state index in [0.29, 0.717) is 12.0 Å². The summed E-state index contributed by atoms with van der Waals surface area (Å²) in [5, 5.41) is 4.41. The lowest BCUT2D eigenvalue weighted by Gasteiger charge is -2.38. The first-order chi connectivity index (χ1) is 9.80. The lowest BCUT2D eigenvalue weighted by molar-refractivity contribution is 0.232. The zero-order valence-electron chi connectivity index (χ0n) is 12.2. The Morgan fingerprint density at radius 2 is 2.20 bits per heavy atom. The van der Waals surface area contributed by atoms with E-state index in [0.717, 1.165) is 29.8 Å². The van der Waals surface area contributed by atoms with Crippen molar-refractivity contribution in [2.75, 3.05) is 12.3 Å². The third-order valence-electron chi connectivity index (χ3n) is 4.33. The fourth-order valence-corrected chi connectivity index (χ4v) is 4.16. The summed E-state index contributed by atoms with van der Waals surface area (Å²) >= 11 is 1.87. The summed E-state index contributed by atoms with van der Waals surface area (Å²) in [4.78, 5) is 9.01. The Labute approximate surface area is 124 Å². The van der Waals surface area contributed by atoms with E-state index >= 15 is 0 Å². The molecule has 0 saturated heterocycles. The Hall–Kier alpha value is -0.970. The van der Waals surface area contributed by atoms with Gasteiger partial charge in [0.15, 0.2) is 5.17 Å². The molecule has 0 bridgehead atoms. The first kappa shape index (κ1) is 14.0. The minimum atomic E-state index is 0.492. The molecule has 0 atom stereocenters. The molecule has 0 radical (unpaired) electrons. The minimum Gasteiger partial charge on any atom is -0.444 e. The maximum Gasteiger partial charge on any atom is 0.213 e. The Morgan fingerprint density at radius 1 is 1.35 bits per heavy atom. The molecule has 1 saturated carbocycles. The number of hydrogen-bond acceptors (Lipinski definition) is 5. The van der Waals surface area contributed by atoms with Gasteiger partial charge in [-0.25, -0.2) is 4.98 Å². The van der Waals surface area contributed by atoms with E-state index in [1.54, 1.807) is 0 Å². The van der Waals surface area contributed by atoms with Crippen LogP contribution < -0.4 is 5.32 Å². The lowest BCUT2D eigenvalue weighted by Crippen LogP contribution is -2.36. The van der Waals surface area contributed by atoms with Crippen LogP contribution in [0, 0.1) is 5.41 Å². The average molecular weight is 293 g/mol. The standard InChI is InChI=1S/C15H23N3OS/c1-2-12-8-16-13(19-12)9-17-14-18-10-15(11-20-14)6-4-3-5-7-15/h8H,2-7,9-11H2,1H3,(H,17,18). The van der Waals surface area contributed by atoms with Crippen molar-refractivity contribution in [3.8, 4) is 0 Å². The molecule has 0 aromatic carbocycles. The molecule has 1 aliphatic carbocycles. The van der Waals surface area contributed by atoms with Crippen molar-refractivity contribution >= 4 is 16.9 Å². The third kappa shape index (κ3) is 3.19. The smallest absolute Gasteiger partial charge is 0.213 e. The lowest BCUT2D eigenvalue weighted by atomic mass is 9.75. The van der Waals surface area contributed by atoms with Gasteiger partial charge >= 0.3 is 0 Å². The molecule has 1 N–H and O–H groups in total. The predicted octanol–water partition coefficient (Wildman–Crippen LogP) is 3.38. The number of aryl methyl sites for hydroxylation is 1. The van der Waals surface area contributed by atoms with Gasteiger partial charge < -0.3 is 9.73 Å². The summed E-state index contributed by atoms with van der Waals surface area (Å²) in [6.45, 7) is 3.70. The second kappa shape index (κ2) is 6.20. The zero-order chi connectivity index (χ0) is 13.8. The molecule has 1 aromatic heterocycles. The number of aromatic nitrogens is 1. The number of hydrogen-bond donors (Lipinski definition) is 1. The highest BCUT2D eigenvalue weighted by molar-refractivity contribution is 8.13. The molecule has 2 heterocycles. The second-order valence-electron chi connectivity index (χ2n) is 5.90. The number of rotatable bonds is 3.